The van der Waals surface area contributed by atoms with Crippen molar-refractivity contribution in [3.05, 3.63) is 29.8 Å². The summed E-state index contributed by atoms with van der Waals surface area (Å²) in [6.07, 6.45) is 4.28. The van der Waals surface area contributed by atoms with Gasteiger partial charge in [-0.2, -0.15) is 0 Å². The fourth-order valence-corrected chi connectivity index (χ4v) is 3.61. The van der Waals surface area contributed by atoms with E-state index in [1.165, 1.54) is 56.7 Å². The van der Waals surface area contributed by atoms with Crippen molar-refractivity contribution in [2.75, 3.05) is 31.1 Å². The SMILES string of the molecule is Cc1ccc(N2CCN([C@H]3CC[C@H](C)C3)CC2)cc1. The van der Waals surface area contributed by atoms with Gasteiger partial charge in [-0.1, -0.05) is 24.6 Å². The number of rotatable bonds is 2. The molecule has 1 saturated carbocycles. The van der Waals surface area contributed by atoms with Gasteiger partial charge in [-0.05, 0) is 44.2 Å². The fourth-order valence-electron chi connectivity index (χ4n) is 3.61. The molecule has 2 nitrogen and oxygen atoms in total. The first-order valence-electron chi connectivity index (χ1n) is 7.78. The normalized spacial score (nSPS) is 28.8. The van der Waals surface area contributed by atoms with Gasteiger partial charge in [0.25, 0.3) is 0 Å². The number of nitrogens with zero attached hydrogens (tertiary/aromatic N) is 2. The van der Waals surface area contributed by atoms with Crippen LogP contribution in [0.4, 0.5) is 5.69 Å². The minimum atomic E-state index is 0.871. The third-order valence-electron chi connectivity index (χ3n) is 4.90. The van der Waals surface area contributed by atoms with Crippen molar-refractivity contribution in [2.24, 2.45) is 5.92 Å². The molecule has 3 rings (SSSR count). The second-order valence-electron chi connectivity index (χ2n) is 6.43. The van der Waals surface area contributed by atoms with Crippen LogP contribution < -0.4 is 4.90 Å². The van der Waals surface area contributed by atoms with Crippen molar-refractivity contribution in [1.29, 1.82) is 0 Å². The average Bonchev–Trinajstić information content (AvgIpc) is 2.87. The first-order chi connectivity index (χ1) is 9.22. The molecule has 0 N–H and O–H groups in total. The Morgan fingerprint density at radius 3 is 2.21 bits per heavy atom. The highest BCUT2D eigenvalue weighted by atomic mass is 15.3. The van der Waals surface area contributed by atoms with Gasteiger partial charge in [0.2, 0.25) is 0 Å². The standard InChI is InChI=1S/C17H26N2/c1-14-3-6-16(7-4-14)18-9-11-19(12-10-18)17-8-5-15(2)13-17/h3-4,6-7,15,17H,5,8-13H2,1-2H3/t15-,17-/m0/s1. The van der Waals surface area contributed by atoms with E-state index in [1.54, 1.807) is 0 Å². The molecule has 0 amide bonds. The quantitative estimate of drug-likeness (QED) is 0.803. The lowest BCUT2D eigenvalue weighted by molar-refractivity contribution is 0.184. The van der Waals surface area contributed by atoms with Gasteiger partial charge < -0.3 is 4.90 Å². The van der Waals surface area contributed by atoms with E-state index in [4.69, 9.17) is 0 Å². The van der Waals surface area contributed by atoms with Crippen LogP contribution in [0.25, 0.3) is 0 Å². The van der Waals surface area contributed by atoms with Crippen LogP contribution in [-0.4, -0.2) is 37.1 Å². The summed E-state index contributed by atoms with van der Waals surface area (Å²) in [6.45, 7) is 9.42. The molecule has 2 heteroatoms. The predicted octanol–water partition coefficient (Wildman–Crippen LogP) is 3.31. The summed E-state index contributed by atoms with van der Waals surface area (Å²) in [5.74, 6) is 0.945. The molecule has 2 fully saturated rings. The third-order valence-corrected chi connectivity index (χ3v) is 4.90. The zero-order valence-electron chi connectivity index (χ0n) is 12.3. The van der Waals surface area contributed by atoms with E-state index >= 15 is 0 Å². The largest absolute Gasteiger partial charge is 0.369 e. The van der Waals surface area contributed by atoms with E-state index < -0.39 is 0 Å². The number of hydrogen-bond acceptors (Lipinski definition) is 2. The monoisotopic (exact) mass is 258 g/mol. The molecule has 0 spiro atoms. The van der Waals surface area contributed by atoms with Crippen LogP contribution in [0.1, 0.15) is 31.7 Å². The van der Waals surface area contributed by atoms with Crippen LogP contribution >= 0.6 is 0 Å². The smallest absolute Gasteiger partial charge is 0.0367 e. The van der Waals surface area contributed by atoms with Crippen LogP contribution in [0.5, 0.6) is 0 Å². The Balaban J connectivity index is 1.56. The van der Waals surface area contributed by atoms with E-state index in [2.05, 4.69) is 47.9 Å². The van der Waals surface area contributed by atoms with Gasteiger partial charge in [0.05, 0.1) is 0 Å². The molecule has 1 saturated heterocycles. The maximum Gasteiger partial charge on any atom is 0.0367 e. The van der Waals surface area contributed by atoms with Crippen LogP contribution in [0, 0.1) is 12.8 Å². The Hall–Kier alpha value is -1.02. The summed E-state index contributed by atoms with van der Waals surface area (Å²) in [5, 5.41) is 0. The molecule has 2 atom stereocenters. The van der Waals surface area contributed by atoms with Crippen molar-refractivity contribution in [1.82, 2.24) is 4.90 Å². The minimum Gasteiger partial charge on any atom is -0.369 e. The molecule has 0 bridgehead atoms. The Labute approximate surface area is 117 Å². The first kappa shape index (κ1) is 13.0. The number of piperazine rings is 1. The second-order valence-corrected chi connectivity index (χ2v) is 6.43. The minimum absolute atomic E-state index is 0.871. The van der Waals surface area contributed by atoms with Gasteiger partial charge in [0.1, 0.15) is 0 Å². The molecular formula is C17H26N2. The van der Waals surface area contributed by atoms with E-state index in [9.17, 15) is 0 Å². The van der Waals surface area contributed by atoms with Crippen molar-refractivity contribution < 1.29 is 0 Å². The third kappa shape index (κ3) is 2.94. The van der Waals surface area contributed by atoms with Crippen LogP contribution in [0.3, 0.4) is 0 Å². The molecule has 1 heterocycles. The fraction of sp³-hybridized carbons (Fsp3) is 0.647. The summed E-state index contributed by atoms with van der Waals surface area (Å²) in [4.78, 5) is 5.27. The van der Waals surface area contributed by atoms with Crippen LogP contribution in [0.2, 0.25) is 0 Å². The zero-order valence-corrected chi connectivity index (χ0v) is 12.3. The topological polar surface area (TPSA) is 6.48 Å². The van der Waals surface area contributed by atoms with Crippen molar-refractivity contribution >= 4 is 5.69 Å². The van der Waals surface area contributed by atoms with Crippen molar-refractivity contribution in [3.8, 4) is 0 Å². The van der Waals surface area contributed by atoms with Gasteiger partial charge >= 0.3 is 0 Å². The maximum atomic E-state index is 2.73. The number of aryl methyl sites for hydroxylation is 1. The van der Waals surface area contributed by atoms with Crippen molar-refractivity contribution in [2.45, 2.75) is 39.2 Å². The van der Waals surface area contributed by atoms with Gasteiger partial charge in [0.15, 0.2) is 0 Å². The highest BCUT2D eigenvalue weighted by Crippen LogP contribution is 2.29. The van der Waals surface area contributed by atoms with E-state index in [-0.39, 0.29) is 0 Å². The summed E-state index contributed by atoms with van der Waals surface area (Å²) < 4.78 is 0. The Morgan fingerprint density at radius 1 is 0.947 bits per heavy atom. The highest BCUT2D eigenvalue weighted by molar-refractivity contribution is 5.47. The van der Waals surface area contributed by atoms with Gasteiger partial charge in [-0.25, -0.2) is 0 Å². The number of anilines is 1. The zero-order chi connectivity index (χ0) is 13.2. The molecule has 0 radical (unpaired) electrons. The number of hydrogen-bond donors (Lipinski definition) is 0. The molecule has 104 valence electrons. The Kier molecular flexibility index (Phi) is 3.79. The van der Waals surface area contributed by atoms with Crippen LogP contribution in [-0.2, 0) is 0 Å². The molecule has 1 aromatic carbocycles. The molecule has 0 aromatic heterocycles. The van der Waals surface area contributed by atoms with E-state index in [0.29, 0.717) is 0 Å². The van der Waals surface area contributed by atoms with E-state index in [1.807, 2.05) is 0 Å². The Bertz CT molecular complexity index is 404. The van der Waals surface area contributed by atoms with Gasteiger partial charge in [-0.3, -0.25) is 4.90 Å². The summed E-state index contributed by atoms with van der Waals surface area (Å²) in [5.41, 5.74) is 2.74. The summed E-state index contributed by atoms with van der Waals surface area (Å²) in [6, 6.07) is 9.85. The van der Waals surface area contributed by atoms with Crippen molar-refractivity contribution in [3.63, 3.8) is 0 Å². The average molecular weight is 258 g/mol. The summed E-state index contributed by atoms with van der Waals surface area (Å²) >= 11 is 0. The molecule has 19 heavy (non-hydrogen) atoms. The van der Waals surface area contributed by atoms with E-state index in [0.717, 1.165) is 12.0 Å². The first-order valence-corrected chi connectivity index (χ1v) is 7.78. The maximum absolute atomic E-state index is 2.73. The molecule has 1 aromatic rings. The lowest BCUT2D eigenvalue weighted by Crippen LogP contribution is -2.49. The molecule has 0 unspecified atom stereocenters. The lowest BCUT2D eigenvalue weighted by Gasteiger charge is -2.39. The summed E-state index contributed by atoms with van der Waals surface area (Å²) in [7, 11) is 0. The number of benzene rings is 1. The lowest BCUT2D eigenvalue weighted by atomic mass is 10.1. The molecular weight excluding hydrogens is 232 g/mol. The van der Waals surface area contributed by atoms with Crippen LogP contribution in [0.15, 0.2) is 24.3 Å². The second kappa shape index (κ2) is 5.54. The molecule has 2 aliphatic rings. The highest BCUT2D eigenvalue weighted by Gasteiger charge is 2.29. The Morgan fingerprint density at radius 2 is 1.63 bits per heavy atom. The van der Waals surface area contributed by atoms with Gasteiger partial charge in [0, 0.05) is 37.9 Å². The molecule has 1 aliphatic carbocycles. The molecule has 1 aliphatic heterocycles. The predicted molar refractivity (Wildman–Crippen MR) is 81.8 cm³/mol. The van der Waals surface area contributed by atoms with Gasteiger partial charge in [-0.15, -0.1) is 0 Å².